The molecule has 0 saturated carbocycles. The van der Waals surface area contributed by atoms with Crippen LogP contribution in [0.1, 0.15) is 44.6 Å². The lowest BCUT2D eigenvalue weighted by Crippen LogP contribution is -2.19. The van der Waals surface area contributed by atoms with Crippen LogP contribution in [0.2, 0.25) is 0 Å². The molecule has 0 bridgehead atoms. The lowest BCUT2D eigenvalue weighted by molar-refractivity contribution is 0.0696. The summed E-state index contributed by atoms with van der Waals surface area (Å²) in [5.74, 6) is -0.0982. The van der Waals surface area contributed by atoms with Gasteiger partial charge in [-0.1, -0.05) is 17.3 Å². The number of rotatable bonds is 4. The van der Waals surface area contributed by atoms with Crippen LogP contribution < -0.4 is 5.32 Å². The van der Waals surface area contributed by atoms with Gasteiger partial charge in [-0.2, -0.15) is 4.98 Å². The summed E-state index contributed by atoms with van der Waals surface area (Å²) in [6.45, 7) is 0.675. The molecular weight excluding hydrogens is 350 g/mol. The van der Waals surface area contributed by atoms with E-state index in [9.17, 15) is 9.59 Å². The van der Waals surface area contributed by atoms with Gasteiger partial charge in [-0.05, 0) is 30.0 Å². The first-order valence-corrected chi connectivity index (χ1v) is 8.44. The van der Waals surface area contributed by atoms with Crippen LogP contribution in [0.5, 0.6) is 0 Å². The number of nitrogens with zero attached hydrogens (tertiary/aromatic N) is 6. The summed E-state index contributed by atoms with van der Waals surface area (Å²) < 4.78 is 3.23. The second kappa shape index (κ2) is 6.63. The minimum atomic E-state index is -0.937. The zero-order valence-electron chi connectivity index (χ0n) is 14.5. The predicted molar refractivity (Wildman–Crippen MR) is 93.4 cm³/mol. The number of hydrogen-bond acceptors (Lipinski definition) is 6. The monoisotopic (exact) mass is 367 g/mol. The summed E-state index contributed by atoms with van der Waals surface area (Å²) >= 11 is 0. The Morgan fingerprint density at radius 1 is 1.26 bits per heavy atom. The predicted octanol–water partition coefficient (Wildman–Crippen LogP) is 1.09. The average Bonchev–Trinajstić information content (AvgIpc) is 3.26. The molecule has 1 amide bonds. The number of carbonyl (C=O) groups excluding carboxylic acids is 1. The van der Waals surface area contributed by atoms with Crippen molar-refractivity contribution in [2.24, 2.45) is 7.05 Å². The first-order chi connectivity index (χ1) is 13.0. The first kappa shape index (κ1) is 16.9. The van der Waals surface area contributed by atoms with Crippen molar-refractivity contribution in [3.63, 3.8) is 0 Å². The van der Waals surface area contributed by atoms with Crippen molar-refractivity contribution in [2.75, 3.05) is 5.32 Å². The van der Waals surface area contributed by atoms with Crippen LogP contribution in [0, 0.1) is 0 Å². The van der Waals surface area contributed by atoms with Gasteiger partial charge in [-0.3, -0.25) is 14.8 Å². The Labute approximate surface area is 153 Å². The molecule has 0 saturated heterocycles. The molecular formula is C17H17N7O3. The zero-order valence-corrected chi connectivity index (χ0v) is 14.5. The Kier molecular flexibility index (Phi) is 4.15. The van der Waals surface area contributed by atoms with Gasteiger partial charge in [0.1, 0.15) is 5.82 Å². The highest BCUT2D eigenvalue weighted by molar-refractivity contribution is 6.01. The summed E-state index contributed by atoms with van der Waals surface area (Å²) in [5.41, 5.74) is 1.54. The van der Waals surface area contributed by atoms with Crippen molar-refractivity contribution < 1.29 is 14.7 Å². The minimum Gasteiger partial charge on any atom is -0.478 e. The largest absolute Gasteiger partial charge is 0.478 e. The molecule has 10 nitrogen and oxygen atoms in total. The summed E-state index contributed by atoms with van der Waals surface area (Å²) in [6, 6.07) is 6.92. The van der Waals surface area contributed by atoms with Crippen molar-refractivity contribution in [3.05, 3.63) is 53.1 Å². The summed E-state index contributed by atoms with van der Waals surface area (Å²) in [6.07, 6.45) is 3.04. The number of aromatic nitrogens is 6. The molecule has 1 unspecified atom stereocenters. The summed E-state index contributed by atoms with van der Waals surface area (Å²) in [7, 11) is 1.68. The van der Waals surface area contributed by atoms with Gasteiger partial charge < -0.3 is 5.11 Å². The Bertz CT molecular complexity index is 1010. The Morgan fingerprint density at radius 2 is 2.04 bits per heavy atom. The molecule has 3 aromatic rings. The van der Waals surface area contributed by atoms with Gasteiger partial charge in [0.15, 0.2) is 5.69 Å². The van der Waals surface area contributed by atoms with Gasteiger partial charge in [0.2, 0.25) is 5.95 Å². The fourth-order valence-electron chi connectivity index (χ4n) is 3.16. The first-order valence-electron chi connectivity index (χ1n) is 8.44. The topological polar surface area (TPSA) is 128 Å². The van der Waals surface area contributed by atoms with E-state index in [1.165, 1.54) is 10.9 Å². The van der Waals surface area contributed by atoms with Crippen molar-refractivity contribution in [2.45, 2.75) is 25.3 Å². The van der Waals surface area contributed by atoms with Gasteiger partial charge in [0.05, 0.1) is 11.8 Å². The van der Waals surface area contributed by atoms with E-state index in [2.05, 4.69) is 25.7 Å². The molecule has 0 fully saturated rings. The highest BCUT2D eigenvalue weighted by Crippen LogP contribution is 2.29. The van der Waals surface area contributed by atoms with Gasteiger partial charge >= 0.3 is 5.97 Å². The van der Waals surface area contributed by atoms with Crippen LogP contribution in [0.25, 0.3) is 0 Å². The molecule has 0 radical (unpaired) electrons. The number of carbonyl (C=O) groups is 2. The quantitative estimate of drug-likeness (QED) is 0.706. The molecule has 2 aromatic heterocycles. The van der Waals surface area contributed by atoms with Crippen LogP contribution >= 0.6 is 0 Å². The summed E-state index contributed by atoms with van der Waals surface area (Å²) in [5, 5.41) is 23.5. The third-order valence-electron chi connectivity index (χ3n) is 4.56. The number of carboxylic acids is 1. The molecule has 1 atom stereocenters. The maximum atomic E-state index is 12.1. The van der Waals surface area contributed by atoms with E-state index in [0.29, 0.717) is 13.0 Å². The lowest BCUT2D eigenvalue weighted by atomic mass is 9.90. The second-order valence-corrected chi connectivity index (χ2v) is 6.42. The van der Waals surface area contributed by atoms with Gasteiger partial charge in [-0.25, -0.2) is 9.48 Å². The highest BCUT2D eigenvalue weighted by atomic mass is 16.4. The van der Waals surface area contributed by atoms with E-state index in [-0.39, 0.29) is 23.1 Å². The maximum Gasteiger partial charge on any atom is 0.335 e. The maximum absolute atomic E-state index is 12.1. The van der Waals surface area contributed by atoms with E-state index in [1.807, 2.05) is 12.1 Å². The molecule has 0 spiro atoms. The normalized spacial score (nSPS) is 16.0. The molecule has 10 heteroatoms. The Morgan fingerprint density at radius 3 is 2.70 bits per heavy atom. The fraction of sp³-hybridized carbons (Fsp3) is 0.294. The van der Waals surface area contributed by atoms with E-state index in [1.54, 1.807) is 23.9 Å². The Balaban J connectivity index is 1.47. The molecule has 4 rings (SSSR count). The standard InChI is InChI=1S/C17H17N7O3/c1-23-9-13(20-22-23)15(25)19-17-18-14-8-12(6-7-24(14)21-17)10-2-4-11(5-3-10)16(26)27/h2-5,9,12H,6-8H2,1H3,(H,26,27)(H,19,21,25). The number of nitrogens with one attached hydrogen (secondary N) is 1. The smallest absolute Gasteiger partial charge is 0.335 e. The summed E-state index contributed by atoms with van der Waals surface area (Å²) in [4.78, 5) is 27.5. The SMILES string of the molecule is Cn1cc(C(=O)Nc2nc3n(n2)CCC(c2ccc(C(=O)O)cc2)C3)nn1. The Hall–Kier alpha value is -3.56. The van der Waals surface area contributed by atoms with Gasteiger partial charge in [0.25, 0.3) is 5.91 Å². The molecule has 3 heterocycles. The van der Waals surface area contributed by atoms with E-state index in [4.69, 9.17) is 5.11 Å². The molecule has 0 aliphatic carbocycles. The number of carboxylic acid groups (broad SMARTS) is 1. The fourth-order valence-corrected chi connectivity index (χ4v) is 3.16. The van der Waals surface area contributed by atoms with Crippen LogP contribution in [-0.2, 0) is 20.0 Å². The number of fused-ring (bicyclic) bond motifs is 1. The minimum absolute atomic E-state index is 0.196. The molecule has 2 N–H and O–H groups in total. The molecule has 1 aromatic carbocycles. The third-order valence-corrected chi connectivity index (χ3v) is 4.56. The van der Waals surface area contributed by atoms with E-state index < -0.39 is 11.9 Å². The molecule has 1 aliphatic heterocycles. The van der Waals surface area contributed by atoms with Crippen molar-refractivity contribution in [1.29, 1.82) is 0 Å². The van der Waals surface area contributed by atoms with Crippen molar-refractivity contribution in [1.82, 2.24) is 29.8 Å². The number of benzene rings is 1. The third kappa shape index (κ3) is 3.41. The van der Waals surface area contributed by atoms with Crippen molar-refractivity contribution >= 4 is 17.8 Å². The van der Waals surface area contributed by atoms with Crippen LogP contribution in [0.3, 0.4) is 0 Å². The second-order valence-electron chi connectivity index (χ2n) is 6.42. The van der Waals surface area contributed by atoms with Crippen molar-refractivity contribution in [3.8, 4) is 0 Å². The van der Waals surface area contributed by atoms with E-state index >= 15 is 0 Å². The van der Waals surface area contributed by atoms with Crippen LogP contribution in [0.15, 0.2) is 30.5 Å². The highest BCUT2D eigenvalue weighted by Gasteiger charge is 2.24. The van der Waals surface area contributed by atoms with Gasteiger partial charge in [0, 0.05) is 20.0 Å². The van der Waals surface area contributed by atoms with Crippen LogP contribution in [0.4, 0.5) is 5.95 Å². The number of aromatic carboxylic acids is 1. The van der Waals surface area contributed by atoms with E-state index in [0.717, 1.165) is 17.8 Å². The number of anilines is 1. The average molecular weight is 367 g/mol. The molecule has 1 aliphatic rings. The molecule has 27 heavy (non-hydrogen) atoms. The number of aryl methyl sites for hydroxylation is 2. The number of hydrogen-bond donors (Lipinski definition) is 2. The lowest BCUT2D eigenvalue weighted by Gasteiger charge is -2.22. The van der Waals surface area contributed by atoms with Crippen LogP contribution in [-0.4, -0.2) is 46.7 Å². The zero-order chi connectivity index (χ0) is 19.0. The van der Waals surface area contributed by atoms with Gasteiger partial charge in [-0.15, -0.1) is 10.2 Å². The molecule has 138 valence electrons. The number of amides is 1.